The van der Waals surface area contributed by atoms with Crippen LogP contribution in [0.4, 0.5) is 0 Å². The van der Waals surface area contributed by atoms with Gasteiger partial charge in [0.2, 0.25) is 0 Å². The molecule has 0 aromatic heterocycles. The topological polar surface area (TPSA) is 60.7 Å². The molecule has 4 saturated carbocycles. The zero-order valence-corrected chi connectivity index (χ0v) is 21.8. The molecule has 4 aliphatic rings. The minimum absolute atomic E-state index is 0.00800. The monoisotopic (exact) mass is 446 g/mol. The Hall–Kier alpha value is -0.380. The van der Waals surface area contributed by atoms with Crippen molar-refractivity contribution in [1.29, 1.82) is 0 Å². The Labute approximate surface area is 197 Å². The molecule has 0 bridgehead atoms. The Morgan fingerprint density at radius 3 is 2.31 bits per heavy atom. The molecule has 0 aromatic rings. The summed E-state index contributed by atoms with van der Waals surface area (Å²) in [6, 6.07) is 0. The highest BCUT2D eigenvalue weighted by molar-refractivity contribution is 5.16. The van der Waals surface area contributed by atoms with E-state index in [1.54, 1.807) is 0 Å². The zero-order chi connectivity index (χ0) is 23.6. The number of hydrogen-bond donors (Lipinski definition) is 3. The average molecular weight is 447 g/mol. The Balaban J connectivity index is 1.62. The molecule has 0 heterocycles. The summed E-state index contributed by atoms with van der Waals surface area (Å²) in [5.74, 6) is 2.12. The van der Waals surface area contributed by atoms with Gasteiger partial charge in [-0.3, -0.25) is 0 Å². The smallest absolute Gasteiger partial charge is 0.0582 e. The van der Waals surface area contributed by atoms with Gasteiger partial charge in [0.1, 0.15) is 0 Å². The van der Waals surface area contributed by atoms with Crippen LogP contribution in [0.1, 0.15) is 99.8 Å². The summed E-state index contributed by atoms with van der Waals surface area (Å²) in [7, 11) is 0. The van der Waals surface area contributed by atoms with E-state index in [1.807, 2.05) is 0 Å². The van der Waals surface area contributed by atoms with E-state index in [-0.39, 0.29) is 46.4 Å². The van der Waals surface area contributed by atoms with Gasteiger partial charge >= 0.3 is 0 Å². The third kappa shape index (κ3) is 3.73. The number of aliphatic hydroxyl groups is 3. The highest BCUT2D eigenvalue weighted by Crippen LogP contribution is 2.70. The lowest BCUT2D eigenvalue weighted by molar-refractivity contribution is -0.232. The molecule has 0 radical (unpaired) electrons. The van der Waals surface area contributed by atoms with Crippen molar-refractivity contribution >= 4 is 0 Å². The molecule has 11 unspecified atom stereocenters. The second-order valence-corrected chi connectivity index (χ2v) is 13.8. The fourth-order valence-corrected chi connectivity index (χ4v) is 9.90. The van der Waals surface area contributed by atoms with Crippen LogP contribution in [0.15, 0.2) is 11.6 Å². The maximum Gasteiger partial charge on any atom is 0.0582 e. The molecule has 3 heteroatoms. The molecule has 4 fully saturated rings. The van der Waals surface area contributed by atoms with Gasteiger partial charge in [0.15, 0.2) is 0 Å². The molecule has 4 rings (SSSR count). The maximum atomic E-state index is 11.6. The van der Waals surface area contributed by atoms with Crippen molar-refractivity contribution in [2.75, 3.05) is 0 Å². The summed E-state index contributed by atoms with van der Waals surface area (Å²) in [5, 5.41) is 33.7. The van der Waals surface area contributed by atoms with E-state index in [0.29, 0.717) is 23.7 Å². The van der Waals surface area contributed by atoms with Gasteiger partial charge in [0.05, 0.1) is 18.3 Å². The standard InChI is InChI=1S/C29H50O3/c1-17(2)9-8-13-27(4,5)19-10-11-20-25(19)22(31)15-24-28(6)14-12-21(30)18(3)26(28)23(32)16-29(20,24)7/h9,18-26,30-32H,8,10-16H2,1-7H3. The van der Waals surface area contributed by atoms with Gasteiger partial charge in [0.25, 0.3) is 0 Å². The van der Waals surface area contributed by atoms with Crippen LogP contribution in [0.2, 0.25) is 0 Å². The number of rotatable bonds is 4. The van der Waals surface area contributed by atoms with Crippen molar-refractivity contribution in [2.45, 2.75) is 118 Å². The summed E-state index contributed by atoms with van der Waals surface area (Å²) in [4.78, 5) is 0. The first-order valence-corrected chi connectivity index (χ1v) is 13.5. The third-order valence-corrected chi connectivity index (χ3v) is 11.4. The molecule has 184 valence electrons. The third-order valence-electron chi connectivity index (χ3n) is 11.4. The number of aliphatic hydroxyl groups excluding tert-OH is 3. The molecule has 0 aliphatic heterocycles. The zero-order valence-electron chi connectivity index (χ0n) is 21.8. The first-order chi connectivity index (χ1) is 14.8. The number of fused-ring (bicyclic) bond motifs is 5. The van der Waals surface area contributed by atoms with E-state index in [0.717, 1.165) is 32.1 Å². The maximum absolute atomic E-state index is 11.6. The van der Waals surface area contributed by atoms with Crippen LogP contribution >= 0.6 is 0 Å². The van der Waals surface area contributed by atoms with Crippen molar-refractivity contribution in [3.8, 4) is 0 Å². The summed E-state index contributed by atoms with van der Waals surface area (Å²) in [6.07, 6.45) is 9.71. The molecule has 0 saturated heterocycles. The molecular formula is C29H50O3. The van der Waals surface area contributed by atoms with Crippen LogP contribution in [0.3, 0.4) is 0 Å². The molecule has 4 aliphatic carbocycles. The first kappa shape index (κ1) is 24.7. The number of hydrogen-bond acceptors (Lipinski definition) is 3. The van der Waals surface area contributed by atoms with E-state index >= 15 is 0 Å². The van der Waals surface area contributed by atoms with E-state index < -0.39 is 0 Å². The van der Waals surface area contributed by atoms with Crippen molar-refractivity contribution in [3.63, 3.8) is 0 Å². The molecule has 3 nitrogen and oxygen atoms in total. The fourth-order valence-electron chi connectivity index (χ4n) is 9.90. The summed E-state index contributed by atoms with van der Waals surface area (Å²) < 4.78 is 0. The Kier molecular flexibility index (Phi) is 6.48. The van der Waals surface area contributed by atoms with E-state index in [1.165, 1.54) is 24.8 Å². The van der Waals surface area contributed by atoms with Crippen molar-refractivity contribution < 1.29 is 15.3 Å². The van der Waals surface area contributed by atoms with Crippen LogP contribution in [0.5, 0.6) is 0 Å². The normalized spacial score (nSPS) is 50.9. The molecule has 11 atom stereocenters. The minimum atomic E-state index is -0.341. The Morgan fingerprint density at radius 1 is 0.969 bits per heavy atom. The van der Waals surface area contributed by atoms with Crippen LogP contribution in [-0.2, 0) is 0 Å². The second kappa shape index (κ2) is 8.38. The largest absolute Gasteiger partial charge is 0.393 e. The first-order valence-electron chi connectivity index (χ1n) is 13.5. The van der Waals surface area contributed by atoms with Crippen LogP contribution in [0, 0.1) is 51.8 Å². The van der Waals surface area contributed by atoms with Crippen LogP contribution < -0.4 is 0 Å². The van der Waals surface area contributed by atoms with Gasteiger partial charge in [-0.05, 0) is 117 Å². The SMILES string of the molecule is CC(C)=CCCC(C)(C)C1CCC2C1C(O)CC1C2(C)CC(O)C2C(C)C(O)CCC21C. The lowest BCUT2D eigenvalue weighted by atomic mass is 9.39. The van der Waals surface area contributed by atoms with Gasteiger partial charge in [0, 0.05) is 0 Å². The van der Waals surface area contributed by atoms with E-state index in [2.05, 4.69) is 54.5 Å². The van der Waals surface area contributed by atoms with Gasteiger partial charge in [-0.25, -0.2) is 0 Å². The Morgan fingerprint density at radius 2 is 1.66 bits per heavy atom. The van der Waals surface area contributed by atoms with E-state index in [4.69, 9.17) is 0 Å². The Bertz CT molecular complexity index is 724. The predicted octanol–water partition coefficient (Wildman–Crippen LogP) is 5.97. The molecule has 0 amide bonds. The summed E-state index contributed by atoms with van der Waals surface area (Å²) >= 11 is 0. The highest BCUT2D eigenvalue weighted by Gasteiger charge is 2.67. The lowest BCUT2D eigenvalue weighted by Gasteiger charge is -2.67. The van der Waals surface area contributed by atoms with Gasteiger partial charge in [-0.15, -0.1) is 0 Å². The molecule has 3 N–H and O–H groups in total. The predicted molar refractivity (Wildman–Crippen MR) is 131 cm³/mol. The van der Waals surface area contributed by atoms with Crippen LogP contribution in [-0.4, -0.2) is 33.6 Å². The average Bonchev–Trinajstić information content (AvgIpc) is 3.15. The van der Waals surface area contributed by atoms with E-state index in [9.17, 15) is 15.3 Å². The lowest BCUT2D eigenvalue weighted by Crippen LogP contribution is -2.65. The van der Waals surface area contributed by atoms with Crippen molar-refractivity contribution in [1.82, 2.24) is 0 Å². The van der Waals surface area contributed by atoms with Gasteiger partial charge in [-0.1, -0.05) is 46.3 Å². The quantitative estimate of drug-likeness (QED) is 0.467. The molecule has 32 heavy (non-hydrogen) atoms. The second-order valence-electron chi connectivity index (χ2n) is 13.8. The number of allylic oxidation sites excluding steroid dienone is 2. The minimum Gasteiger partial charge on any atom is -0.393 e. The van der Waals surface area contributed by atoms with Crippen molar-refractivity contribution in [2.24, 2.45) is 51.8 Å². The molecule has 0 aromatic carbocycles. The van der Waals surface area contributed by atoms with Crippen LogP contribution in [0.25, 0.3) is 0 Å². The van der Waals surface area contributed by atoms with Crippen molar-refractivity contribution in [3.05, 3.63) is 11.6 Å². The molecule has 0 spiro atoms. The summed E-state index contributed by atoms with van der Waals surface area (Å²) in [5.41, 5.74) is 1.71. The molecular weight excluding hydrogens is 396 g/mol. The van der Waals surface area contributed by atoms with Gasteiger partial charge < -0.3 is 15.3 Å². The fraction of sp³-hybridized carbons (Fsp3) is 0.931. The highest BCUT2D eigenvalue weighted by atomic mass is 16.3. The van der Waals surface area contributed by atoms with Gasteiger partial charge in [-0.2, -0.15) is 0 Å². The summed E-state index contributed by atoms with van der Waals surface area (Å²) in [6.45, 7) is 16.2.